The Morgan fingerprint density at radius 3 is 2.72 bits per heavy atom. The third-order valence-electron chi connectivity index (χ3n) is 2.99. The van der Waals surface area contributed by atoms with Gasteiger partial charge < -0.3 is 10.2 Å². The van der Waals surface area contributed by atoms with Gasteiger partial charge in [-0.1, -0.05) is 13.8 Å². The molecule has 0 fully saturated rings. The average Bonchev–Trinajstić information content (AvgIpc) is 2.38. The monoisotopic (exact) mass is 249 g/mol. The zero-order valence-corrected chi connectivity index (χ0v) is 11.6. The molecule has 0 aliphatic heterocycles. The second kappa shape index (κ2) is 7.82. The summed E-state index contributed by atoms with van der Waals surface area (Å²) in [5, 5.41) is 2.94. The molecule has 4 nitrogen and oxygen atoms in total. The minimum Gasteiger partial charge on any atom is -0.352 e. The van der Waals surface area contributed by atoms with Crippen molar-refractivity contribution in [3.8, 4) is 0 Å². The van der Waals surface area contributed by atoms with Crippen molar-refractivity contribution in [1.29, 1.82) is 0 Å². The van der Waals surface area contributed by atoms with Crippen LogP contribution in [0, 0.1) is 6.92 Å². The lowest BCUT2D eigenvalue weighted by Gasteiger charge is -2.17. The maximum absolute atomic E-state index is 11.8. The maximum atomic E-state index is 11.8. The SMILES string of the molecule is CCN(CC)CCCNC(=O)c1ccnc(C)c1. The van der Waals surface area contributed by atoms with Crippen LogP contribution in [0.5, 0.6) is 0 Å². The summed E-state index contributed by atoms with van der Waals surface area (Å²) in [6.07, 6.45) is 2.65. The number of hydrogen-bond donors (Lipinski definition) is 1. The van der Waals surface area contributed by atoms with Gasteiger partial charge in [-0.3, -0.25) is 9.78 Å². The van der Waals surface area contributed by atoms with Crippen LogP contribution in [-0.4, -0.2) is 42.0 Å². The van der Waals surface area contributed by atoms with E-state index in [1.807, 2.05) is 6.92 Å². The number of nitrogens with zero attached hydrogens (tertiary/aromatic N) is 2. The highest BCUT2D eigenvalue weighted by Crippen LogP contribution is 2.00. The normalized spacial score (nSPS) is 10.7. The van der Waals surface area contributed by atoms with Crippen molar-refractivity contribution in [2.75, 3.05) is 26.2 Å². The highest BCUT2D eigenvalue weighted by molar-refractivity contribution is 5.94. The van der Waals surface area contributed by atoms with E-state index in [-0.39, 0.29) is 5.91 Å². The van der Waals surface area contributed by atoms with Crippen LogP contribution in [0.15, 0.2) is 18.3 Å². The van der Waals surface area contributed by atoms with Gasteiger partial charge in [0.1, 0.15) is 0 Å². The van der Waals surface area contributed by atoms with Gasteiger partial charge in [0.2, 0.25) is 0 Å². The van der Waals surface area contributed by atoms with Crippen molar-refractivity contribution in [2.45, 2.75) is 27.2 Å². The molecule has 0 bridgehead atoms. The lowest BCUT2D eigenvalue weighted by Crippen LogP contribution is -2.29. The molecule has 1 rings (SSSR count). The predicted octanol–water partition coefficient (Wildman–Crippen LogP) is 1.85. The largest absolute Gasteiger partial charge is 0.352 e. The van der Waals surface area contributed by atoms with Gasteiger partial charge in [0, 0.05) is 24.0 Å². The van der Waals surface area contributed by atoms with E-state index in [0.29, 0.717) is 5.56 Å². The fourth-order valence-corrected chi connectivity index (χ4v) is 1.83. The van der Waals surface area contributed by atoms with Gasteiger partial charge in [-0.25, -0.2) is 0 Å². The molecule has 4 heteroatoms. The summed E-state index contributed by atoms with van der Waals surface area (Å²) in [5.41, 5.74) is 1.55. The molecule has 0 aliphatic carbocycles. The predicted molar refractivity (Wildman–Crippen MR) is 73.7 cm³/mol. The van der Waals surface area contributed by atoms with E-state index in [2.05, 4.69) is 29.0 Å². The molecule has 0 saturated carbocycles. The minimum absolute atomic E-state index is 0.0138. The molecule has 1 aromatic rings. The fraction of sp³-hybridized carbons (Fsp3) is 0.571. The summed E-state index contributed by atoms with van der Waals surface area (Å²) in [5.74, 6) is -0.0138. The molecule has 1 N–H and O–H groups in total. The summed E-state index contributed by atoms with van der Waals surface area (Å²) in [6, 6.07) is 3.55. The molecular weight excluding hydrogens is 226 g/mol. The van der Waals surface area contributed by atoms with Crippen LogP contribution in [0.1, 0.15) is 36.3 Å². The lowest BCUT2D eigenvalue weighted by molar-refractivity contribution is 0.0951. The molecule has 0 spiro atoms. The zero-order valence-electron chi connectivity index (χ0n) is 11.6. The van der Waals surface area contributed by atoms with Crippen LogP contribution in [0.4, 0.5) is 0 Å². The van der Waals surface area contributed by atoms with Crippen LogP contribution in [0.3, 0.4) is 0 Å². The maximum Gasteiger partial charge on any atom is 0.251 e. The van der Waals surface area contributed by atoms with Crippen molar-refractivity contribution in [1.82, 2.24) is 15.2 Å². The van der Waals surface area contributed by atoms with Crippen molar-refractivity contribution in [3.63, 3.8) is 0 Å². The number of hydrogen-bond acceptors (Lipinski definition) is 3. The summed E-state index contributed by atoms with van der Waals surface area (Å²) >= 11 is 0. The van der Waals surface area contributed by atoms with E-state index in [9.17, 15) is 4.79 Å². The van der Waals surface area contributed by atoms with Crippen LogP contribution in [-0.2, 0) is 0 Å². The molecule has 0 saturated heterocycles. The fourth-order valence-electron chi connectivity index (χ4n) is 1.83. The smallest absolute Gasteiger partial charge is 0.251 e. The molecule has 1 aromatic heterocycles. The van der Waals surface area contributed by atoms with Crippen LogP contribution < -0.4 is 5.32 Å². The topological polar surface area (TPSA) is 45.2 Å². The quantitative estimate of drug-likeness (QED) is 0.750. The number of aromatic nitrogens is 1. The summed E-state index contributed by atoms with van der Waals surface area (Å²) in [4.78, 5) is 18.3. The van der Waals surface area contributed by atoms with E-state index in [1.165, 1.54) is 0 Å². The summed E-state index contributed by atoms with van der Waals surface area (Å²) < 4.78 is 0. The first-order valence-corrected chi connectivity index (χ1v) is 6.60. The molecule has 0 aliphatic rings. The summed E-state index contributed by atoms with van der Waals surface area (Å²) in [6.45, 7) is 10.1. The molecule has 18 heavy (non-hydrogen) atoms. The van der Waals surface area contributed by atoms with Gasteiger partial charge in [0.25, 0.3) is 5.91 Å². The van der Waals surface area contributed by atoms with Crippen molar-refractivity contribution >= 4 is 5.91 Å². The number of rotatable bonds is 7. The second-order valence-electron chi connectivity index (χ2n) is 4.32. The Morgan fingerprint density at radius 1 is 1.39 bits per heavy atom. The Kier molecular flexibility index (Phi) is 6.36. The highest BCUT2D eigenvalue weighted by atomic mass is 16.1. The molecular formula is C14H23N3O. The third-order valence-corrected chi connectivity index (χ3v) is 2.99. The van der Waals surface area contributed by atoms with E-state index < -0.39 is 0 Å². The van der Waals surface area contributed by atoms with E-state index in [1.54, 1.807) is 18.3 Å². The van der Waals surface area contributed by atoms with Gasteiger partial charge >= 0.3 is 0 Å². The Morgan fingerprint density at radius 2 is 2.11 bits per heavy atom. The standard InChI is InChI=1S/C14H23N3O/c1-4-17(5-2)10-6-8-16-14(18)13-7-9-15-12(3)11-13/h7,9,11H,4-6,8,10H2,1-3H3,(H,16,18). The Bertz CT molecular complexity index is 375. The first-order valence-electron chi connectivity index (χ1n) is 6.60. The number of carbonyl (C=O) groups excluding carboxylic acids is 1. The number of nitrogens with one attached hydrogen (secondary N) is 1. The van der Waals surface area contributed by atoms with Crippen molar-refractivity contribution < 1.29 is 4.79 Å². The number of carbonyl (C=O) groups is 1. The Balaban J connectivity index is 2.29. The molecule has 0 atom stereocenters. The van der Waals surface area contributed by atoms with Crippen molar-refractivity contribution in [3.05, 3.63) is 29.6 Å². The Hall–Kier alpha value is -1.42. The molecule has 0 radical (unpaired) electrons. The first kappa shape index (κ1) is 14.6. The summed E-state index contributed by atoms with van der Waals surface area (Å²) in [7, 11) is 0. The van der Waals surface area contributed by atoms with Crippen LogP contribution in [0.2, 0.25) is 0 Å². The van der Waals surface area contributed by atoms with Crippen LogP contribution >= 0.6 is 0 Å². The van der Waals surface area contributed by atoms with E-state index in [0.717, 1.165) is 38.3 Å². The van der Waals surface area contributed by atoms with Gasteiger partial charge in [-0.2, -0.15) is 0 Å². The molecule has 100 valence electrons. The van der Waals surface area contributed by atoms with Gasteiger partial charge in [0.05, 0.1) is 0 Å². The lowest BCUT2D eigenvalue weighted by atomic mass is 10.2. The van der Waals surface area contributed by atoms with E-state index in [4.69, 9.17) is 0 Å². The average molecular weight is 249 g/mol. The molecule has 1 amide bonds. The number of amides is 1. The zero-order chi connectivity index (χ0) is 13.4. The minimum atomic E-state index is -0.0138. The number of aryl methyl sites for hydroxylation is 1. The van der Waals surface area contributed by atoms with Crippen molar-refractivity contribution in [2.24, 2.45) is 0 Å². The highest BCUT2D eigenvalue weighted by Gasteiger charge is 2.05. The molecule has 1 heterocycles. The van der Waals surface area contributed by atoms with Gasteiger partial charge in [-0.15, -0.1) is 0 Å². The molecule has 0 aromatic carbocycles. The van der Waals surface area contributed by atoms with Crippen LogP contribution in [0.25, 0.3) is 0 Å². The van der Waals surface area contributed by atoms with Gasteiger partial charge in [0.15, 0.2) is 0 Å². The first-order chi connectivity index (χ1) is 8.67. The van der Waals surface area contributed by atoms with Gasteiger partial charge in [-0.05, 0) is 45.1 Å². The second-order valence-corrected chi connectivity index (χ2v) is 4.32. The van der Waals surface area contributed by atoms with E-state index >= 15 is 0 Å². The third kappa shape index (κ3) is 4.84. The molecule has 0 unspecified atom stereocenters. The number of pyridine rings is 1. The Labute approximate surface area is 109 Å².